The second-order valence-electron chi connectivity index (χ2n) is 11.8. The second-order valence-corrected chi connectivity index (χ2v) is 15.3. The molecule has 10 nitrogen and oxygen atoms in total. The van der Waals surface area contributed by atoms with Crippen LogP contribution in [0.15, 0.2) is 89.0 Å². The van der Waals surface area contributed by atoms with Gasteiger partial charge in [0.2, 0.25) is 0 Å². The van der Waals surface area contributed by atoms with E-state index < -0.39 is 38.4 Å². The van der Waals surface area contributed by atoms with E-state index in [1.807, 2.05) is 41.5 Å². The van der Waals surface area contributed by atoms with Gasteiger partial charge in [-0.25, -0.2) is 17.4 Å². The Hall–Kier alpha value is -3.78. The van der Waals surface area contributed by atoms with Crippen LogP contribution in [0.1, 0.15) is 38.8 Å². The third-order valence-electron chi connectivity index (χ3n) is 8.17. The summed E-state index contributed by atoms with van der Waals surface area (Å²) in [5.74, 6) is 0. The van der Waals surface area contributed by atoms with Crippen LogP contribution < -0.4 is 5.46 Å². The molecule has 4 heterocycles. The van der Waals surface area contributed by atoms with Gasteiger partial charge in [-0.3, -0.25) is 0 Å². The Morgan fingerprint density at radius 2 is 1.30 bits per heavy atom. The molecular weight excluding hydrogens is 587 g/mol. The number of benzene rings is 2. The van der Waals surface area contributed by atoms with Gasteiger partial charge in [-0.05, 0) is 77.9 Å². The van der Waals surface area contributed by atoms with Crippen molar-refractivity contribution in [1.82, 2.24) is 18.1 Å². The number of pyridine rings is 1. The Morgan fingerprint density at radius 3 is 1.86 bits per heavy atom. The van der Waals surface area contributed by atoms with E-state index in [9.17, 15) is 16.8 Å². The van der Waals surface area contributed by atoms with Gasteiger partial charge in [0.25, 0.3) is 20.0 Å². The van der Waals surface area contributed by atoms with Gasteiger partial charge in [0, 0.05) is 28.8 Å². The van der Waals surface area contributed by atoms with Gasteiger partial charge in [0.05, 0.1) is 32.9 Å². The monoisotopic (exact) mass is 618 g/mol. The Balaban J connectivity index is 1.57. The summed E-state index contributed by atoms with van der Waals surface area (Å²) in [6.45, 7) is 11.5. The quantitative estimate of drug-likeness (QED) is 0.259. The Labute approximate surface area is 251 Å². The smallest absolute Gasteiger partial charge is 0.399 e. The molecule has 0 bridgehead atoms. The zero-order chi connectivity index (χ0) is 30.9. The van der Waals surface area contributed by atoms with Gasteiger partial charge in [-0.1, -0.05) is 35.4 Å². The van der Waals surface area contributed by atoms with Crippen molar-refractivity contribution < 1.29 is 26.1 Å². The van der Waals surface area contributed by atoms with Crippen molar-refractivity contribution in [3.63, 3.8) is 0 Å². The molecule has 13 heteroatoms. The van der Waals surface area contributed by atoms with Gasteiger partial charge in [-0.15, -0.1) is 0 Å². The third-order valence-corrected chi connectivity index (χ3v) is 11.4. The molecule has 0 atom stereocenters. The molecule has 2 aromatic carbocycles. The third kappa shape index (κ3) is 4.80. The van der Waals surface area contributed by atoms with Crippen LogP contribution in [-0.2, 0) is 29.4 Å². The number of rotatable bonds is 6. The summed E-state index contributed by atoms with van der Waals surface area (Å²) in [6, 6.07) is 16.2. The molecule has 43 heavy (non-hydrogen) atoms. The van der Waals surface area contributed by atoms with Crippen LogP contribution in [0.2, 0.25) is 0 Å². The van der Waals surface area contributed by atoms with Crippen LogP contribution in [0.3, 0.4) is 0 Å². The van der Waals surface area contributed by atoms with Crippen LogP contribution >= 0.6 is 0 Å². The molecule has 3 aromatic heterocycles. The van der Waals surface area contributed by atoms with Crippen molar-refractivity contribution in [2.75, 3.05) is 0 Å². The molecule has 6 rings (SSSR count). The van der Waals surface area contributed by atoms with E-state index in [2.05, 4.69) is 10.1 Å². The van der Waals surface area contributed by atoms with Gasteiger partial charge in [0.1, 0.15) is 0 Å². The van der Waals surface area contributed by atoms with Crippen LogP contribution in [0.5, 0.6) is 0 Å². The summed E-state index contributed by atoms with van der Waals surface area (Å²) in [7, 11) is -9.01. The first-order chi connectivity index (χ1) is 20.1. The minimum absolute atomic E-state index is 0.0510. The first kappa shape index (κ1) is 29.3. The molecule has 0 radical (unpaired) electrons. The second kappa shape index (κ2) is 9.88. The number of aromatic nitrogens is 4. The lowest BCUT2D eigenvalue weighted by atomic mass is 9.80. The normalized spacial score (nSPS) is 16.7. The summed E-state index contributed by atoms with van der Waals surface area (Å²) in [5.41, 5.74) is 1.76. The molecule has 1 aliphatic rings. The van der Waals surface area contributed by atoms with Crippen LogP contribution in [0.4, 0.5) is 0 Å². The van der Waals surface area contributed by atoms with Crippen LogP contribution in [-0.4, -0.2) is 53.3 Å². The van der Waals surface area contributed by atoms with Crippen molar-refractivity contribution in [3.8, 4) is 11.3 Å². The predicted molar refractivity (Wildman–Crippen MR) is 164 cm³/mol. The highest BCUT2D eigenvalue weighted by Gasteiger charge is 2.52. The zero-order valence-corrected chi connectivity index (χ0v) is 26.3. The lowest BCUT2D eigenvalue weighted by molar-refractivity contribution is 0.00578. The molecule has 1 fully saturated rings. The Morgan fingerprint density at radius 1 is 0.767 bits per heavy atom. The number of hydrogen-bond acceptors (Lipinski definition) is 8. The molecule has 0 unspecified atom stereocenters. The van der Waals surface area contributed by atoms with Gasteiger partial charge in [-0.2, -0.15) is 17.6 Å². The van der Waals surface area contributed by atoms with Gasteiger partial charge < -0.3 is 9.31 Å². The fourth-order valence-electron chi connectivity index (χ4n) is 4.90. The van der Waals surface area contributed by atoms with E-state index in [0.717, 1.165) is 19.2 Å². The molecule has 5 aromatic rings. The van der Waals surface area contributed by atoms with E-state index in [0.29, 0.717) is 16.4 Å². The summed E-state index contributed by atoms with van der Waals surface area (Å²) >= 11 is 0. The van der Waals surface area contributed by atoms with Crippen molar-refractivity contribution in [3.05, 3.63) is 90.4 Å². The number of aryl methyl sites for hydroxylation is 2. The molecule has 0 N–H and O–H groups in total. The standard InChI is InChI=1S/C30H31BN4O6S2/c1-20-7-11-23(12-8-20)42(36,37)34-19-26(27-15-16-33-35(27)43(38,39)24-13-9-21(2)10-14-24)25-17-22(18-32-28(25)34)31-40-29(3,4)30(5,6)41-31/h7-19H,1-6H3. The minimum atomic E-state index is -4.12. The zero-order valence-electron chi connectivity index (χ0n) is 24.6. The lowest BCUT2D eigenvalue weighted by Crippen LogP contribution is -2.41. The summed E-state index contributed by atoms with van der Waals surface area (Å²) < 4.78 is 69.8. The Kier molecular flexibility index (Phi) is 6.73. The number of nitrogens with zero attached hydrogens (tertiary/aromatic N) is 4. The topological polar surface area (TPSA) is 122 Å². The highest BCUT2D eigenvalue weighted by atomic mass is 32.2. The summed E-state index contributed by atoms with van der Waals surface area (Å²) in [6.07, 6.45) is 4.28. The van der Waals surface area contributed by atoms with Gasteiger partial charge >= 0.3 is 7.12 Å². The van der Waals surface area contributed by atoms with Crippen molar-refractivity contribution >= 4 is 43.7 Å². The van der Waals surface area contributed by atoms with E-state index in [-0.39, 0.29) is 21.1 Å². The first-order valence-corrected chi connectivity index (χ1v) is 16.6. The summed E-state index contributed by atoms with van der Waals surface area (Å²) in [5, 5.41) is 4.54. The average molecular weight is 619 g/mol. The first-order valence-electron chi connectivity index (χ1n) is 13.7. The maximum atomic E-state index is 13.9. The maximum Gasteiger partial charge on any atom is 0.496 e. The maximum absolute atomic E-state index is 13.9. The van der Waals surface area contributed by atoms with Crippen LogP contribution in [0, 0.1) is 13.8 Å². The van der Waals surface area contributed by atoms with E-state index in [4.69, 9.17) is 9.31 Å². The van der Waals surface area contributed by atoms with E-state index in [1.165, 1.54) is 48.9 Å². The number of fused-ring (bicyclic) bond motifs is 1. The van der Waals surface area contributed by atoms with E-state index in [1.54, 1.807) is 30.3 Å². The highest BCUT2D eigenvalue weighted by molar-refractivity contribution is 7.90. The van der Waals surface area contributed by atoms with Crippen molar-refractivity contribution in [2.24, 2.45) is 0 Å². The average Bonchev–Trinajstić information content (AvgIpc) is 3.63. The minimum Gasteiger partial charge on any atom is -0.399 e. The molecule has 1 aliphatic heterocycles. The molecule has 0 spiro atoms. The fraction of sp³-hybridized carbons (Fsp3) is 0.267. The largest absolute Gasteiger partial charge is 0.496 e. The summed E-state index contributed by atoms with van der Waals surface area (Å²) in [4.78, 5) is 4.69. The SMILES string of the molecule is Cc1ccc(S(=O)(=O)n2nccc2-c2cn(S(=O)(=O)c3ccc(C)cc3)c3ncc(B4OC(C)(C)C(C)(C)O4)cc23)cc1. The molecule has 0 amide bonds. The molecule has 0 aliphatic carbocycles. The molecule has 0 saturated carbocycles. The molecule has 222 valence electrons. The Bertz CT molecular complexity index is 2070. The van der Waals surface area contributed by atoms with Crippen molar-refractivity contribution in [2.45, 2.75) is 62.5 Å². The number of hydrogen-bond donors (Lipinski definition) is 0. The predicted octanol–water partition coefficient (Wildman–Crippen LogP) is 4.29. The van der Waals surface area contributed by atoms with Crippen LogP contribution in [0.25, 0.3) is 22.3 Å². The highest BCUT2D eigenvalue weighted by Crippen LogP contribution is 2.38. The molecular formula is C30H31BN4O6S2. The lowest BCUT2D eigenvalue weighted by Gasteiger charge is -2.32. The van der Waals surface area contributed by atoms with Gasteiger partial charge in [0.15, 0.2) is 5.65 Å². The molecule has 1 saturated heterocycles. The van der Waals surface area contributed by atoms with Crippen molar-refractivity contribution in [1.29, 1.82) is 0 Å². The fourth-order valence-corrected chi connectivity index (χ4v) is 7.50. The van der Waals surface area contributed by atoms with E-state index >= 15 is 0 Å².